The van der Waals surface area contributed by atoms with Crippen molar-refractivity contribution >= 4 is 29.5 Å². The zero-order chi connectivity index (χ0) is 30.1. The number of carbonyl (C=O) groups is 3. The van der Waals surface area contributed by atoms with Gasteiger partial charge in [-0.25, -0.2) is 4.68 Å². The molecule has 0 saturated carbocycles. The molecular formula is C27H46N4O9S. The summed E-state index contributed by atoms with van der Waals surface area (Å²) in [6.07, 6.45) is 2.76. The van der Waals surface area contributed by atoms with Gasteiger partial charge in [0, 0.05) is 18.8 Å². The number of aromatic nitrogens is 3. The Balaban J connectivity index is 1.44. The van der Waals surface area contributed by atoms with Crippen molar-refractivity contribution in [1.82, 2.24) is 19.9 Å². The Kier molecular flexibility index (Phi) is 16.4. The highest BCUT2D eigenvalue weighted by Gasteiger charge is 2.39. The molecule has 2 atom stereocenters. The highest BCUT2D eigenvalue weighted by Crippen LogP contribution is 2.27. The number of ether oxygens (including phenoxy) is 5. The molecule has 0 aliphatic carbocycles. The van der Waals surface area contributed by atoms with E-state index in [9.17, 15) is 14.4 Å². The van der Waals surface area contributed by atoms with Crippen LogP contribution in [0.3, 0.4) is 0 Å². The Labute approximate surface area is 246 Å². The molecule has 2 heterocycles. The van der Waals surface area contributed by atoms with Crippen LogP contribution in [-0.2, 0) is 51.2 Å². The van der Waals surface area contributed by atoms with E-state index < -0.39 is 17.1 Å². The molecule has 41 heavy (non-hydrogen) atoms. The number of aliphatic carboxylic acids is 1. The highest BCUT2D eigenvalue weighted by atomic mass is 32.2. The molecule has 1 aromatic heterocycles. The van der Waals surface area contributed by atoms with Crippen molar-refractivity contribution < 1.29 is 43.2 Å². The van der Waals surface area contributed by atoms with E-state index in [0.29, 0.717) is 71.7 Å². The van der Waals surface area contributed by atoms with Gasteiger partial charge < -0.3 is 28.8 Å². The van der Waals surface area contributed by atoms with Crippen LogP contribution < -0.4 is 0 Å². The van der Waals surface area contributed by atoms with Crippen LogP contribution in [0.2, 0.25) is 0 Å². The second-order valence-electron chi connectivity index (χ2n) is 10.9. The standard InChI is InChI=1S/C27H46N4O9S/c1-21(26(34)35)20-41-23-17-24(32)31(25(23)33)19-22-18-30(29-28-22)6-8-37-10-12-39-14-16-40-15-13-38-11-9-36-7-5-27(2,3)4/h18,21,23H,5-17,19-20H2,1-4H3,(H,34,35). The Morgan fingerprint density at radius 3 is 2.05 bits per heavy atom. The van der Waals surface area contributed by atoms with Gasteiger partial charge in [0.2, 0.25) is 11.8 Å². The molecule has 1 aromatic rings. The summed E-state index contributed by atoms with van der Waals surface area (Å²) < 4.78 is 29.1. The van der Waals surface area contributed by atoms with Crippen molar-refractivity contribution in [2.45, 2.75) is 58.9 Å². The number of thioether (sulfide) groups is 1. The average Bonchev–Trinajstić information content (AvgIpc) is 3.47. The highest BCUT2D eigenvalue weighted by molar-refractivity contribution is 8.00. The summed E-state index contributed by atoms with van der Waals surface area (Å²) in [6.45, 7) is 13.8. The van der Waals surface area contributed by atoms with Gasteiger partial charge in [-0.3, -0.25) is 19.3 Å². The summed E-state index contributed by atoms with van der Waals surface area (Å²) in [4.78, 5) is 37.1. The van der Waals surface area contributed by atoms with Crippen LogP contribution in [0, 0.1) is 11.3 Å². The third kappa shape index (κ3) is 15.1. The number of imide groups is 1. The molecule has 13 nitrogen and oxygen atoms in total. The van der Waals surface area contributed by atoms with Gasteiger partial charge in [-0.2, -0.15) is 0 Å². The number of hydrogen-bond acceptors (Lipinski definition) is 11. The summed E-state index contributed by atoms with van der Waals surface area (Å²) in [6, 6.07) is 0. The van der Waals surface area contributed by atoms with E-state index in [0.717, 1.165) is 17.9 Å². The van der Waals surface area contributed by atoms with Gasteiger partial charge in [-0.1, -0.05) is 32.9 Å². The van der Waals surface area contributed by atoms with Crippen LogP contribution in [0.5, 0.6) is 0 Å². The molecule has 2 amide bonds. The van der Waals surface area contributed by atoms with Crippen LogP contribution in [0.25, 0.3) is 0 Å². The lowest BCUT2D eigenvalue weighted by Gasteiger charge is -2.17. The number of rotatable bonds is 23. The lowest BCUT2D eigenvalue weighted by atomic mass is 9.93. The molecule has 2 unspecified atom stereocenters. The number of likely N-dealkylation sites (tertiary alicyclic amines) is 1. The van der Waals surface area contributed by atoms with Crippen LogP contribution in [-0.4, -0.2) is 120 Å². The van der Waals surface area contributed by atoms with Gasteiger partial charge in [0.15, 0.2) is 0 Å². The van der Waals surface area contributed by atoms with Crippen molar-refractivity contribution in [3.05, 3.63) is 11.9 Å². The van der Waals surface area contributed by atoms with Crippen LogP contribution in [0.1, 0.15) is 46.2 Å². The number of hydrogen-bond donors (Lipinski definition) is 1. The molecule has 1 aliphatic heterocycles. The van der Waals surface area contributed by atoms with Crippen molar-refractivity contribution in [3.63, 3.8) is 0 Å². The number of carboxylic acids is 1. The Bertz CT molecular complexity index is 925. The average molecular weight is 603 g/mol. The van der Waals surface area contributed by atoms with Crippen molar-refractivity contribution in [1.29, 1.82) is 0 Å². The fraction of sp³-hybridized carbons (Fsp3) is 0.815. The summed E-state index contributed by atoms with van der Waals surface area (Å²) in [7, 11) is 0. The second kappa shape index (κ2) is 19.2. The van der Waals surface area contributed by atoms with Gasteiger partial charge in [0.05, 0.1) is 89.9 Å². The zero-order valence-corrected chi connectivity index (χ0v) is 25.6. The van der Waals surface area contributed by atoms with Crippen LogP contribution in [0.4, 0.5) is 0 Å². The normalized spacial score (nSPS) is 16.6. The SMILES string of the molecule is CC(CSC1CC(=O)N(Cc2cn(CCOCCOCCOCCOCCOCCC(C)(C)C)nn2)C1=O)C(=O)O. The number of carboxylic acid groups (broad SMARTS) is 1. The maximum absolute atomic E-state index is 12.6. The second-order valence-corrected chi connectivity index (χ2v) is 12.2. The molecular weight excluding hydrogens is 556 g/mol. The topological polar surface area (TPSA) is 152 Å². The van der Waals surface area contributed by atoms with Crippen LogP contribution in [0.15, 0.2) is 6.20 Å². The van der Waals surface area contributed by atoms with E-state index in [1.165, 1.54) is 11.8 Å². The first-order valence-corrected chi connectivity index (χ1v) is 15.1. The molecule has 2 rings (SSSR count). The molecule has 1 fully saturated rings. The van der Waals surface area contributed by atoms with Gasteiger partial charge in [-0.15, -0.1) is 16.9 Å². The first-order chi connectivity index (χ1) is 19.6. The molecule has 0 aromatic carbocycles. The van der Waals surface area contributed by atoms with Crippen molar-refractivity contribution in [2.75, 3.05) is 71.8 Å². The molecule has 234 valence electrons. The minimum Gasteiger partial charge on any atom is -0.481 e. The van der Waals surface area contributed by atoms with E-state index in [-0.39, 0.29) is 35.9 Å². The maximum Gasteiger partial charge on any atom is 0.307 e. The number of amides is 2. The molecule has 0 radical (unpaired) electrons. The summed E-state index contributed by atoms with van der Waals surface area (Å²) in [5, 5.41) is 16.5. The molecule has 14 heteroatoms. The molecule has 0 bridgehead atoms. The Morgan fingerprint density at radius 2 is 1.51 bits per heavy atom. The fourth-order valence-corrected chi connectivity index (χ4v) is 4.68. The lowest BCUT2D eigenvalue weighted by Crippen LogP contribution is -2.31. The lowest BCUT2D eigenvalue weighted by molar-refractivity contribution is -0.141. The van der Waals surface area contributed by atoms with Gasteiger partial charge in [0.25, 0.3) is 0 Å². The van der Waals surface area contributed by atoms with E-state index in [1.54, 1.807) is 17.8 Å². The summed E-state index contributed by atoms with van der Waals surface area (Å²) in [5.41, 5.74) is 0.779. The largest absolute Gasteiger partial charge is 0.481 e. The Morgan fingerprint density at radius 1 is 0.976 bits per heavy atom. The summed E-state index contributed by atoms with van der Waals surface area (Å²) >= 11 is 1.20. The van der Waals surface area contributed by atoms with E-state index in [1.807, 2.05) is 0 Å². The molecule has 0 spiro atoms. The third-order valence-electron chi connectivity index (χ3n) is 6.03. The minimum absolute atomic E-state index is 0.0399. The number of carbonyl (C=O) groups excluding carboxylic acids is 2. The Hall–Kier alpha value is -2.10. The van der Waals surface area contributed by atoms with E-state index >= 15 is 0 Å². The van der Waals surface area contributed by atoms with Gasteiger partial charge in [0.1, 0.15) is 5.69 Å². The molecule has 1 aliphatic rings. The first-order valence-electron chi connectivity index (χ1n) is 14.0. The zero-order valence-electron chi connectivity index (χ0n) is 24.7. The van der Waals surface area contributed by atoms with E-state index in [4.69, 9.17) is 28.8 Å². The fourth-order valence-electron chi connectivity index (χ4n) is 3.48. The quantitative estimate of drug-likeness (QED) is 0.144. The van der Waals surface area contributed by atoms with Crippen molar-refractivity contribution in [2.24, 2.45) is 11.3 Å². The first kappa shape index (κ1) is 35.1. The monoisotopic (exact) mass is 602 g/mol. The van der Waals surface area contributed by atoms with E-state index in [2.05, 4.69) is 31.1 Å². The van der Waals surface area contributed by atoms with Crippen molar-refractivity contribution in [3.8, 4) is 0 Å². The predicted molar refractivity (Wildman–Crippen MR) is 151 cm³/mol. The smallest absolute Gasteiger partial charge is 0.307 e. The van der Waals surface area contributed by atoms with Gasteiger partial charge in [-0.05, 0) is 11.8 Å². The molecule has 1 N–H and O–H groups in total. The molecule has 1 saturated heterocycles. The van der Waals surface area contributed by atoms with Gasteiger partial charge >= 0.3 is 5.97 Å². The number of nitrogens with zero attached hydrogens (tertiary/aromatic N) is 4. The minimum atomic E-state index is -0.925. The summed E-state index contributed by atoms with van der Waals surface area (Å²) in [5.74, 6) is -1.85. The third-order valence-corrected chi connectivity index (χ3v) is 7.49. The predicted octanol–water partition coefficient (Wildman–Crippen LogP) is 1.88. The maximum atomic E-state index is 12.6. The van der Waals surface area contributed by atoms with Crippen LogP contribution >= 0.6 is 11.8 Å².